The summed E-state index contributed by atoms with van der Waals surface area (Å²) in [6, 6.07) is 29.1. The fourth-order valence-corrected chi connectivity index (χ4v) is 4.55. The molecule has 5 rings (SSSR count). The monoisotopic (exact) mass is 386 g/mol. The first-order valence-electron chi connectivity index (χ1n) is 8.98. The summed E-state index contributed by atoms with van der Waals surface area (Å²) in [4.78, 5) is 0. The number of fused-ring (bicyclic) bond motifs is 3. The second-order valence-electron chi connectivity index (χ2n) is 6.81. The number of hydrogen-bond acceptors (Lipinski definition) is 0. The molecule has 4 aromatic carbocycles. The Morgan fingerprint density at radius 1 is 0.481 bits per heavy atom. The second kappa shape index (κ2) is 6.56. The molecule has 27 heavy (non-hydrogen) atoms. The van der Waals surface area contributed by atoms with E-state index in [0.29, 0.717) is 0 Å². The molecule has 130 valence electrons. The predicted molar refractivity (Wildman–Crippen MR) is 116 cm³/mol. The molecule has 0 saturated heterocycles. The van der Waals surface area contributed by atoms with Gasteiger partial charge in [0.15, 0.2) is 0 Å². The van der Waals surface area contributed by atoms with Gasteiger partial charge >= 0.3 is 0 Å². The van der Waals surface area contributed by atoms with Gasteiger partial charge in [0.05, 0.1) is 0 Å². The summed E-state index contributed by atoms with van der Waals surface area (Å²) >= 11 is 13.2. The third-order valence-corrected chi connectivity index (χ3v) is 5.95. The molecule has 0 unspecified atom stereocenters. The molecular formula is C25H16Cl2. The van der Waals surface area contributed by atoms with Crippen molar-refractivity contribution in [3.63, 3.8) is 0 Å². The lowest BCUT2D eigenvalue weighted by Crippen LogP contribution is -1.94. The molecule has 0 spiro atoms. The maximum absolute atomic E-state index is 6.64. The molecule has 0 amide bonds. The number of benzene rings is 4. The van der Waals surface area contributed by atoms with Crippen molar-refractivity contribution in [2.45, 2.75) is 6.42 Å². The van der Waals surface area contributed by atoms with Gasteiger partial charge in [0, 0.05) is 21.2 Å². The van der Waals surface area contributed by atoms with Crippen molar-refractivity contribution in [1.82, 2.24) is 0 Å². The highest BCUT2D eigenvalue weighted by Gasteiger charge is 2.25. The Labute approximate surface area is 169 Å². The minimum atomic E-state index is 0.751. The van der Waals surface area contributed by atoms with Gasteiger partial charge in [-0.3, -0.25) is 0 Å². The molecule has 0 nitrogen and oxygen atoms in total. The van der Waals surface area contributed by atoms with E-state index in [1.807, 2.05) is 36.4 Å². The Hall–Kier alpha value is -2.54. The first-order valence-corrected chi connectivity index (χ1v) is 9.73. The van der Waals surface area contributed by atoms with E-state index in [0.717, 1.165) is 33.2 Å². The highest BCUT2D eigenvalue weighted by Crippen LogP contribution is 2.48. The Morgan fingerprint density at radius 3 is 1.74 bits per heavy atom. The van der Waals surface area contributed by atoms with E-state index in [1.54, 1.807) is 0 Å². The summed E-state index contributed by atoms with van der Waals surface area (Å²) in [7, 11) is 0. The van der Waals surface area contributed by atoms with Crippen LogP contribution >= 0.6 is 23.2 Å². The van der Waals surface area contributed by atoms with Gasteiger partial charge in [-0.15, -0.1) is 0 Å². The third-order valence-electron chi connectivity index (χ3n) is 5.29. The average molecular weight is 387 g/mol. The summed E-state index contributed by atoms with van der Waals surface area (Å²) in [5, 5.41) is 1.51. The lowest BCUT2D eigenvalue weighted by molar-refractivity contribution is 1.26. The van der Waals surface area contributed by atoms with Crippen molar-refractivity contribution < 1.29 is 0 Å². The van der Waals surface area contributed by atoms with Crippen LogP contribution in [0.3, 0.4) is 0 Å². The van der Waals surface area contributed by atoms with Crippen LogP contribution in [0.5, 0.6) is 0 Å². The molecule has 1 aliphatic carbocycles. The van der Waals surface area contributed by atoms with Crippen LogP contribution < -0.4 is 0 Å². The summed E-state index contributed by atoms with van der Waals surface area (Å²) < 4.78 is 0. The Bertz CT molecular complexity index is 1170. The maximum atomic E-state index is 6.64. The van der Waals surface area contributed by atoms with Crippen LogP contribution in [0.25, 0.3) is 33.4 Å². The van der Waals surface area contributed by atoms with Crippen molar-refractivity contribution in [2.24, 2.45) is 0 Å². The molecule has 0 saturated carbocycles. The molecule has 0 N–H and O–H groups in total. The van der Waals surface area contributed by atoms with Crippen LogP contribution in [-0.4, -0.2) is 0 Å². The number of hydrogen-bond donors (Lipinski definition) is 0. The summed E-state index contributed by atoms with van der Waals surface area (Å²) in [5.41, 5.74) is 9.68. The maximum Gasteiger partial charge on any atom is 0.0484 e. The van der Waals surface area contributed by atoms with Crippen LogP contribution in [-0.2, 0) is 6.42 Å². The molecular weight excluding hydrogens is 371 g/mol. The molecule has 0 aliphatic heterocycles. The van der Waals surface area contributed by atoms with Crippen LogP contribution in [0.2, 0.25) is 10.0 Å². The molecule has 0 aromatic heterocycles. The lowest BCUT2D eigenvalue weighted by atomic mass is 9.88. The lowest BCUT2D eigenvalue weighted by Gasteiger charge is -2.17. The van der Waals surface area contributed by atoms with E-state index in [4.69, 9.17) is 23.2 Å². The van der Waals surface area contributed by atoms with Gasteiger partial charge in [0.25, 0.3) is 0 Å². The van der Waals surface area contributed by atoms with Crippen molar-refractivity contribution in [1.29, 1.82) is 0 Å². The highest BCUT2D eigenvalue weighted by atomic mass is 35.5. The first-order chi connectivity index (χ1) is 13.2. The van der Waals surface area contributed by atoms with E-state index >= 15 is 0 Å². The van der Waals surface area contributed by atoms with E-state index in [9.17, 15) is 0 Å². The zero-order chi connectivity index (χ0) is 18.4. The van der Waals surface area contributed by atoms with Gasteiger partial charge in [-0.1, -0.05) is 96.0 Å². The van der Waals surface area contributed by atoms with Crippen molar-refractivity contribution in [3.05, 3.63) is 106 Å². The van der Waals surface area contributed by atoms with Crippen molar-refractivity contribution in [2.75, 3.05) is 0 Å². The Morgan fingerprint density at radius 2 is 1.04 bits per heavy atom. The standard InChI is InChI=1S/C25H16Cl2/c26-23-11-5-3-9-19(23)20-14-13-18-17-8-2-1-7-16(17)15-22(18)25(20)21-10-4-6-12-24(21)27/h1-14H,15H2. The van der Waals surface area contributed by atoms with Gasteiger partial charge in [-0.2, -0.15) is 0 Å². The number of halogens is 2. The minimum absolute atomic E-state index is 0.751. The summed E-state index contributed by atoms with van der Waals surface area (Å²) in [6.07, 6.45) is 0.907. The molecule has 4 aromatic rings. The zero-order valence-electron chi connectivity index (χ0n) is 14.5. The smallest absolute Gasteiger partial charge is 0.0484 e. The van der Waals surface area contributed by atoms with Gasteiger partial charge in [-0.05, 0) is 51.9 Å². The fourth-order valence-electron chi connectivity index (χ4n) is 4.09. The van der Waals surface area contributed by atoms with Crippen molar-refractivity contribution in [3.8, 4) is 33.4 Å². The van der Waals surface area contributed by atoms with Crippen molar-refractivity contribution >= 4 is 23.2 Å². The highest BCUT2D eigenvalue weighted by molar-refractivity contribution is 6.35. The van der Waals surface area contributed by atoms with E-state index in [1.165, 1.54) is 27.8 Å². The third kappa shape index (κ3) is 2.68. The minimum Gasteiger partial charge on any atom is -0.0837 e. The summed E-state index contributed by atoms with van der Waals surface area (Å²) in [6.45, 7) is 0. The van der Waals surface area contributed by atoms with E-state index < -0.39 is 0 Å². The van der Waals surface area contributed by atoms with E-state index in [-0.39, 0.29) is 0 Å². The molecule has 1 aliphatic rings. The first kappa shape index (κ1) is 16.6. The van der Waals surface area contributed by atoms with Crippen LogP contribution in [0.15, 0.2) is 84.9 Å². The molecule has 0 radical (unpaired) electrons. The Balaban J connectivity index is 1.86. The predicted octanol–water partition coefficient (Wildman–Crippen LogP) is 7.90. The second-order valence-corrected chi connectivity index (χ2v) is 7.62. The number of rotatable bonds is 2. The largest absolute Gasteiger partial charge is 0.0837 e. The van der Waals surface area contributed by atoms with Crippen LogP contribution in [0, 0.1) is 0 Å². The normalized spacial score (nSPS) is 11.9. The van der Waals surface area contributed by atoms with Gasteiger partial charge < -0.3 is 0 Å². The topological polar surface area (TPSA) is 0 Å². The Kier molecular flexibility index (Phi) is 4.04. The molecule has 0 heterocycles. The van der Waals surface area contributed by atoms with Gasteiger partial charge in [-0.25, -0.2) is 0 Å². The quantitative estimate of drug-likeness (QED) is 0.289. The SMILES string of the molecule is Clc1ccccc1-c1ccc2c(c1-c1ccccc1Cl)Cc1ccccc1-2. The summed E-state index contributed by atoms with van der Waals surface area (Å²) in [5.74, 6) is 0. The van der Waals surface area contributed by atoms with Gasteiger partial charge in [0.1, 0.15) is 0 Å². The average Bonchev–Trinajstić information content (AvgIpc) is 3.07. The van der Waals surface area contributed by atoms with Crippen LogP contribution in [0.4, 0.5) is 0 Å². The fraction of sp³-hybridized carbons (Fsp3) is 0.0400. The molecule has 0 bridgehead atoms. The van der Waals surface area contributed by atoms with Gasteiger partial charge in [0.2, 0.25) is 0 Å². The molecule has 2 heteroatoms. The molecule has 0 fully saturated rings. The zero-order valence-corrected chi connectivity index (χ0v) is 16.1. The molecule has 0 atom stereocenters. The van der Waals surface area contributed by atoms with Crippen LogP contribution in [0.1, 0.15) is 11.1 Å². The van der Waals surface area contributed by atoms with E-state index in [2.05, 4.69) is 48.5 Å².